The van der Waals surface area contributed by atoms with Gasteiger partial charge in [0.05, 0.1) is 0 Å². The maximum Gasteiger partial charge on any atom is 0.278 e. The number of aromatic nitrogens is 5. The molecule has 0 saturated heterocycles. The number of nitrogens with one attached hydrogen (secondary N) is 2. The maximum absolute atomic E-state index is 13.3. The summed E-state index contributed by atoms with van der Waals surface area (Å²) in [6, 6.07) is 12.4. The van der Waals surface area contributed by atoms with Crippen LogP contribution < -0.4 is 16.2 Å². The molecule has 2 N–H and O–H groups in total. The first kappa shape index (κ1) is 21.0. The van der Waals surface area contributed by atoms with Crippen LogP contribution in [0.1, 0.15) is 61.9 Å². The number of benzene rings is 1. The zero-order chi connectivity index (χ0) is 23.2. The molecule has 2 aliphatic rings. The van der Waals surface area contributed by atoms with Gasteiger partial charge in [0.25, 0.3) is 5.56 Å². The Bertz CT molecular complexity index is 1430. The minimum absolute atomic E-state index is 0.0552. The van der Waals surface area contributed by atoms with E-state index in [4.69, 9.17) is 9.97 Å². The highest BCUT2D eigenvalue weighted by Gasteiger charge is 2.24. The average Bonchev–Trinajstić information content (AvgIpc) is 3.10. The minimum Gasteiger partial charge on any atom is -0.324 e. The lowest BCUT2D eigenvalue weighted by Crippen LogP contribution is -2.25. The van der Waals surface area contributed by atoms with Crippen molar-refractivity contribution in [1.82, 2.24) is 29.6 Å². The molecule has 1 saturated carbocycles. The number of pyridine rings is 1. The van der Waals surface area contributed by atoms with Crippen LogP contribution in [0.3, 0.4) is 0 Å². The predicted octanol–water partition coefficient (Wildman–Crippen LogP) is 4.21. The van der Waals surface area contributed by atoms with Crippen molar-refractivity contribution in [3.63, 3.8) is 0 Å². The number of nitrogens with zero attached hydrogens (tertiary/aromatic N) is 5. The van der Waals surface area contributed by atoms with Gasteiger partial charge in [-0.25, -0.2) is 19.3 Å². The van der Waals surface area contributed by atoms with E-state index in [9.17, 15) is 4.79 Å². The Morgan fingerprint density at radius 1 is 1.12 bits per heavy atom. The van der Waals surface area contributed by atoms with Crippen LogP contribution in [0, 0.1) is 0 Å². The smallest absolute Gasteiger partial charge is 0.278 e. The number of hydrogen-bond acceptors (Lipinski definition) is 6. The molecule has 0 spiro atoms. The van der Waals surface area contributed by atoms with Crippen LogP contribution in [0.5, 0.6) is 0 Å². The van der Waals surface area contributed by atoms with Crippen molar-refractivity contribution in [2.75, 3.05) is 11.9 Å². The summed E-state index contributed by atoms with van der Waals surface area (Å²) < 4.78 is 3.58. The van der Waals surface area contributed by atoms with Gasteiger partial charge in [-0.1, -0.05) is 18.6 Å². The fraction of sp³-hybridized carbons (Fsp3) is 0.385. The first-order valence-corrected chi connectivity index (χ1v) is 12.2. The molecule has 8 heteroatoms. The lowest BCUT2D eigenvalue weighted by atomic mass is 9.83. The zero-order valence-electron chi connectivity index (χ0n) is 19.6. The Hall–Kier alpha value is -3.52. The summed E-state index contributed by atoms with van der Waals surface area (Å²) in [5.74, 6) is 1.68. The Kier molecular flexibility index (Phi) is 5.17. The lowest BCUT2D eigenvalue weighted by Gasteiger charge is -2.25. The normalized spacial score (nSPS) is 16.0. The molecule has 0 bridgehead atoms. The highest BCUT2D eigenvalue weighted by Crippen LogP contribution is 2.35. The van der Waals surface area contributed by atoms with Crippen LogP contribution in [0.25, 0.3) is 16.9 Å². The third-order valence-electron chi connectivity index (χ3n) is 6.96. The molecule has 1 aliphatic heterocycles. The third kappa shape index (κ3) is 3.58. The van der Waals surface area contributed by atoms with Crippen molar-refractivity contribution in [2.45, 2.75) is 58.0 Å². The van der Waals surface area contributed by atoms with E-state index in [1.165, 1.54) is 30.4 Å². The van der Waals surface area contributed by atoms with Crippen LogP contribution in [-0.4, -0.2) is 30.9 Å². The van der Waals surface area contributed by atoms with Gasteiger partial charge in [-0.05, 0) is 75.0 Å². The van der Waals surface area contributed by atoms with Crippen LogP contribution in [0.15, 0.2) is 47.4 Å². The summed E-state index contributed by atoms with van der Waals surface area (Å²) in [5, 5.41) is 7.24. The highest BCUT2D eigenvalue weighted by molar-refractivity contribution is 5.77. The van der Waals surface area contributed by atoms with Gasteiger partial charge in [-0.3, -0.25) is 4.79 Å². The van der Waals surface area contributed by atoms with Gasteiger partial charge < -0.3 is 10.6 Å². The third-order valence-corrected chi connectivity index (χ3v) is 6.96. The summed E-state index contributed by atoms with van der Waals surface area (Å²) in [6.45, 7) is 5.88. The molecule has 0 radical (unpaired) electrons. The topological polar surface area (TPSA) is 89.7 Å². The van der Waals surface area contributed by atoms with Crippen LogP contribution in [-0.2, 0) is 13.0 Å². The monoisotopic (exact) mass is 455 g/mol. The van der Waals surface area contributed by atoms with E-state index < -0.39 is 0 Å². The number of anilines is 2. The first-order valence-electron chi connectivity index (χ1n) is 12.2. The second-order valence-electron chi connectivity index (χ2n) is 9.57. The summed E-state index contributed by atoms with van der Waals surface area (Å²) in [5.41, 5.74) is 5.15. The standard InChI is InChI=1S/C26H29N7O/c1-16(2)32-25(34)21-15-28-26(29-20-10-9-17-11-12-27-14-19(17)13-20)31-24(21)33(32)23-8-4-7-22(30-23)18-5-3-6-18/h4,7-10,13,15-16,18,27H,3,5-6,11-12,14H2,1-2H3,(H,28,29,31). The molecule has 0 unspecified atom stereocenters. The molecule has 1 aliphatic carbocycles. The van der Waals surface area contributed by atoms with Gasteiger partial charge in [0.15, 0.2) is 11.5 Å². The maximum atomic E-state index is 13.3. The molecule has 174 valence electrons. The fourth-order valence-corrected chi connectivity index (χ4v) is 4.92. The number of rotatable bonds is 5. The molecule has 34 heavy (non-hydrogen) atoms. The molecule has 1 aromatic carbocycles. The van der Waals surface area contributed by atoms with E-state index in [-0.39, 0.29) is 11.6 Å². The van der Waals surface area contributed by atoms with Gasteiger partial charge in [0.1, 0.15) is 5.39 Å². The average molecular weight is 456 g/mol. The molecule has 1 fully saturated rings. The summed E-state index contributed by atoms with van der Waals surface area (Å²) in [4.78, 5) is 27.5. The van der Waals surface area contributed by atoms with E-state index in [1.54, 1.807) is 10.9 Å². The van der Waals surface area contributed by atoms with E-state index in [0.29, 0.717) is 22.9 Å². The van der Waals surface area contributed by atoms with E-state index >= 15 is 0 Å². The van der Waals surface area contributed by atoms with Gasteiger partial charge in [0, 0.05) is 36.1 Å². The Labute approximate surface area is 198 Å². The Morgan fingerprint density at radius 3 is 2.79 bits per heavy atom. The molecule has 6 rings (SSSR count). The van der Waals surface area contributed by atoms with Gasteiger partial charge in [0.2, 0.25) is 5.95 Å². The van der Waals surface area contributed by atoms with Crippen molar-refractivity contribution in [2.24, 2.45) is 0 Å². The van der Waals surface area contributed by atoms with Crippen molar-refractivity contribution >= 4 is 22.7 Å². The quantitative estimate of drug-likeness (QED) is 0.468. The largest absolute Gasteiger partial charge is 0.324 e. The number of hydrogen-bond donors (Lipinski definition) is 2. The molecule has 8 nitrogen and oxygen atoms in total. The van der Waals surface area contributed by atoms with Crippen molar-refractivity contribution < 1.29 is 0 Å². The Morgan fingerprint density at radius 2 is 2.00 bits per heavy atom. The van der Waals surface area contributed by atoms with Crippen LogP contribution in [0.4, 0.5) is 11.6 Å². The van der Waals surface area contributed by atoms with Gasteiger partial charge in [-0.2, -0.15) is 4.98 Å². The van der Waals surface area contributed by atoms with Gasteiger partial charge >= 0.3 is 0 Å². The lowest BCUT2D eigenvalue weighted by molar-refractivity contribution is 0.409. The molecule has 4 heterocycles. The van der Waals surface area contributed by atoms with E-state index in [1.807, 2.05) is 30.7 Å². The first-order chi connectivity index (χ1) is 16.6. The van der Waals surface area contributed by atoms with Crippen LogP contribution >= 0.6 is 0 Å². The second kappa shape index (κ2) is 8.36. The number of fused-ring (bicyclic) bond motifs is 2. The van der Waals surface area contributed by atoms with Crippen molar-refractivity contribution in [3.05, 3.63) is 69.8 Å². The molecule has 0 atom stereocenters. The molecule has 0 amide bonds. The minimum atomic E-state index is -0.104. The second-order valence-corrected chi connectivity index (χ2v) is 9.57. The summed E-state index contributed by atoms with van der Waals surface area (Å²) in [7, 11) is 0. The summed E-state index contributed by atoms with van der Waals surface area (Å²) >= 11 is 0. The molecular formula is C26H29N7O. The highest BCUT2D eigenvalue weighted by atomic mass is 16.1. The van der Waals surface area contributed by atoms with Gasteiger partial charge in [-0.15, -0.1) is 0 Å². The molecule has 3 aromatic heterocycles. The van der Waals surface area contributed by atoms with E-state index in [2.05, 4.69) is 39.9 Å². The molecule has 4 aromatic rings. The fourth-order valence-electron chi connectivity index (χ4n) is 4.92. The molecular weight excluding hydrogens is 426 g/mol. The van der Waals surface area contributed by atoms with Crippen molar-refractivity contribution in [3.8, 4) is 5.82 Å². The van der Waals surface area contributed by atoms with E-state index in [0.717, 1.165) is 36.7 Å². The Balaban J connectivity index is 1.44. The van der Waals surface area contributed by atoms with Crippen LogP contribution in [0.2, 0.25) is 0 Å². The zero-order valence-corrected chi connectivity index (χ0v) is 19.6. The predicted molar refractivity (Wildman–Crippen MR) is 133 cm³/mol. The SMILES string of the molecule is CC(C)n1c(=O)c2cnc(Nc3ccc4c(c3)CNCC4)nc2n1-c1cccc(C2CCC2)n1. The van der Waals surface area contributed by atoms with Crippen molar-refractivity contribution in [1.29, 1.82) is 0 Å². The summed E-state index contributed by atoms with van der Waals surface area (Å²) in [6.07, 6.45) is 6.26.